The first kappa shape index (κ1) is 11.1. The molecule has 0 bridgehead atoms. The first-order valence-electron chi connectivity index (χ1n) is 4.67. The van der Waals surface area contributed by atoms with E-state index >= 15 is 0 Å². The SMILES string of the molecule is Clc1cc(Cl)nc(C=Cc2ccccc2)n1. The molecule has 4 heteroatoms. The third kappa shape index (κ3) is 3.05. The van der Waals surface area contributed by atoms with Gasteiger partial charge in [0, 0.05) is 6.07 Å². The van der Waals surface area contributed by atoms with Crippen LogP contribution in [-0.4, -0.2) is 9.97 Å². The molecule has 2 nitrogen and oxygen atoms in total. The van der Waals surface area contributed by atoms with E-state index in [-0.39, 0.29) is 0 Å². The van der Waals surface area contributed by atoms with Crippen LogP contribution >= 0.6 is 23.2 Å². The minimum atomic E-state index is 0.340. The van der Waals surface area contributed by atoms with Gasteiger partial charge in [0.05, 0.1) is 0 Å². The lowest BCUT2D eigenvalue weighted by atomic mass is 10.2. The summed E-state index contributed by atoms with van der Waals surface area (Å²) in [7, 11) is 0. The maximum absolute atomic E-state index is 5.76. The Balaban J connectivity index is 2.24. The Labute approximate surface area is 104 Å². The molecule has 80 valence electrons. The molecule has 0 aliphatic rings. The van der Waals surface area contributed by atoms with Crippen molar-refractivity contribution in [3.05, 3.63) is 58.1 Å². The maximum atomic E-state index is 5.76. The summed E-state index contributed by atoms with van der Waals surface area (Å²) in [4.78, 5) is 8.06. The molecular weight excluding hydrogens is 243 g/mol. The monoisotopic (exact) mass is 250 g/mol. The molecule has 0 saturated carbocycles. The number of rotatable bonds is 2. The van der Waals surface area contributed by atoms with E-state index in [0.29, 0.717) is 16.1 Å². The largest absolute Gasteiger partial charge is 0.217 e. The highest BCUT2D eigenvalue weighted by molar-refractivity contribution is 6.33. The zero-order chi connectivity index (χ0) is 11.4. The molecule has 0 aliphatic heterocycles. The van der Waals surface area contributed by atoms with Gasteiger partial charge in [0.15, 0.2) is 5.82 Å². The predicted octanol–water partition coefficient (Wildman–Crippen LogP) is 3.95. The van der Waals surface area contributed by atoms with Crippen molar-refractivity contribution in [3.63, 3.8) is 0 Å². The lowest BCUT2D eigenvalue weighted by molar-refractivity contribution is 1.14. The maximum Gasteiger partial charge on any atom is 0.155 e. The average molecular weight is 251 g/mol. The Kier molecular flexibility index (Phi) is 3.54. The highest BCUT2D eigenvalue weighted by Gasteiger charge is 1.97. The first-order valence-corrected chi connectivity index (χ1v) is 5.43. The molecule has 2 aromatic rings. The van der Waals surface area contributed by atoms with Crippen molar-refractivity contribution in [2.24, 2.45) is 0 Å². The van der Waals surface area contributed by atoms with Crippen LogP contribution in [0.25, 0.3) is 12.2 Å². The molecule has 0 saturated heterocycles. The molecular formula is C12H8Cl2N2. The zero-order valence-electron chi connectivity index (χ0n) is 8.27. The third-order valence-corrected chi connectivity index (χ3v) is 2.29. The highest BCUT2D eigenvalue weighted by atomic mass is 35.5. The van der Waals surface area contributed by atoms with Gasteiger partial charge in [-0.2, -0.15) is 0 Å². The number of aromatic nitrogens is 2. The van der Waals surface area contributed by atoms with Crippen LogP contribution in [0.15, 0.2) is 36.4 Å². The fourth-order valence-corrected chi connectivity index (χ4v) is 1.65. The summed E-state index contributed by atoms with van der Waals surface area (Å²) in [6.07, 6.45) is 3.68. The average Bonchev–Trinajstić information content (AvgIpc) is 2.27. The third-order valence-electron chi connectivity index (χ3n) is 1.91. The van der Waals surface area contributed by atoms with Crippen LogP contribution in [0.5, 0.6) is 0 Å². The first-order chi connectivity index (χ1) is 7.74. The Morgan fingerprint density at radius 2 is 1.50 bits per heavy atom. The lowest BCUT2D eigenvalue weighted by Gasteiger charge is -1.95. The molecule has 0 spiro atoms. The van der Waals surface area contributed by atoms with Gasteiger partial charge in [-0.3, -0.25) is 0 Å². The number of nitrogens with zero attached hydrogens (tertiary/aromatic N) is 2. The van der Waals surface area contributed by atoms with Crippen LogP contribution in [-0.2, 0) is 0 Å². The topological polar surface area (TPSA) is 25.8 Å². The molecule has 0 fully saturated rings. The second kappa shape index (κ2) is 5.10. The fraction of sp³-hybridized carbons (Fsp3) is 0. The van der Waals surface area contributed by atoms with Crippen LogP contribution in [0.4, 0.5) is 0 Å². The summed E-state index contributed by atoms with van der Waals surface area (Å²) < 4.78 is 0. The molecule has 0 amide bonds. The van der Waals surface area contributed by atoms with E-state index < -0.39 is 0 Å². The normalized spacial score (nSPS) is 10.9. The molecule has 1 aromatic carbocycles. The van der Waals surface area contributed by atoms with E-state index in [1.54, 1.807) is 6.08 Å². The fourth-order valence-electron chi connectivity index (χ4n) is 1.22. The van der Waals surface area contributed by atoms with Gasteiger partial charge in [0.1, 0.15) is 10.3 Å². The van der Waals surface area contributed by atoms with Gasteiger partial charge in [0.2, 0.25) is 0 Å². The van der Waals surface area contributed by atoms with Crippen molar-refractivity contribution < 1.29 is 0 Å². The van der Waals surface area contributed by atoms with Gasteiger partial charge in [-0.1, -0.05) is 59.6 Å². The minimum Gasteiger partial charge on any atom is -0.217 e. The van der Waals surface area contributed by atoms with Crippen LogP contribution < -0.4 is 0 Å². The number of benzene rings is 1. The summed E-state index contributed by atoms with van der Waals surface area (Å²) in [5.74, 6) is 0.501. The summed E-state index contributed by atoms with van der Waals surface area (Å²) in [6, 6.07) is 11.4. The molecule has 2 rings (SSSR count). The molecule has 16 heavy (non-hydrogen) atoms. The Hall–Kier alpha value is -1.38. The van der Waals surface area contributed by atoms with Crippen LogP contribution in [0, 0.1) is 0 Å². The van der Waals surface area contributed by atoms with Crippen molar-refractivity contribution in [1.82, 2.24) is 9.97 Å². The standard InChI is InChI=1S/C12H8Cl2N2/c13-10-8-11(14)16-12(15-10)7-6-9-4-2-1-3-5-9/h1-8H. The van der Waals surface area contributed by atoms with E-state index in [2.05, 4.69) is 9.97 Å². The second-order valence-corrected chi connectivity index (χ2v) is 3.89. The molecule has 0 unspecified atom stereocenters. The molecule has 1 aromatic heterocycles. The lowest BCUT2D eigenvalue weighted by Crippen LogP contribution is -1.87. The summed E-state index contributed by atoms with van der Waals surface area (Å²) in [5, 5.41) is 0.681. The van der Waals surface area contributed by atoms with Gasteiger partial charge in [-0.25, -0.2) is 9.97 Å². The minimum absolute atomic E-state index is 0.340. The molecule has 0 aliphatic carbocycles. The summed E-state index contributed by atoms with van der Waals surface area (Å²) >= 11 is 11.5. The van der Waals surface area contributed by atoms with Crippen molar-refractivity contribution in [2.45, 2.75) is 0 Å². The van der Waals surface area contributed by atoms with E-state index in [1.165, 1.54) is 6.07 Å². The zero-order valence-corrected chi connectivity index (χ0v) is 9.78. The Morgan fingerprint density at radius 1 is 0.875 bits per heavy atom. The number of halogens is 2. The van der Waals surface area contributed by atoms with E-state index in [4.69, 9.17) is 23.2 Å². The van der Waals surface area contributed by atoms with Crippen LogP contribution in [0.3, 0.4) is 0 Å². The Morgan fingerprint density at radius 3 is 2.12 bits per heavy atom. The van der Waals surface area contributed by atoms with Crippen LogP contribution in [0.1, 0.15) is 11.4 Å². The Bertz CT molecular complexity index is 489. The quantitative estimate of drug-likeness (QED) is 0.755. The van der Waals surface area contributed by atoms with E-state index in [1.807, 2.05) is 36.4 Å². The van der Waals surface area contributed by atoms with Crippen molar-refractivity contribution in [3.8, 4) is 0 Å². The number of hydrogen-bond acceptors (Lipinski definition) is 2. The second-order valence-electron chi connectivity index (χ2n) is 3.12. The van der Waals surface area contributed by atoms with Gasteiger partial charge < -0.3 is 0 Å². The molecule has 0 radical (unpaired) electrons. The van der Waals surface area contributed by atoms with Crippen LogP contribution in [0.2, 0.25) is 10.3 Å². The molecule has 1 heterocycles. The number of hydrogen-bond donors (Lipinski definition) is 0. The summed E-state index contributed by atoms with van der Waals surface area (Å²) in [6.45, 7) is 0. The predicted molar refractivity (Wildman–Crippen MR) is 67.4 cm³/mol. The van der Waals surface area contributed by atoms with Crippen molar-refractivity contribution in [1.29, 1.82) is 0 Å². The van der Waals surface area contributed by atoms with Gasteiger partial charge in [-0.05, 0) is 11.6 Å². The van der Waals surface area contributed by atoms with E-state index in [9.17, 15) is 0 Å². The highest BCUT2D eigenvalue weighted by Crippen LogP contribution is 2.13. The van der Waals surface area contributed by atoms with Gasteiger partial charge in [0.25, 0.3) is 0 Å². The van der Waals surface area contributed by atoms with Gasteiger partial charge >= 0.3 is 0 Å². The van der Waals surface area contributed by atoms with Gasteiger partial charge in [-0.15, -0.1) is 0 Å². The molecule has 0 N–H and O–H groups in total. The smallest absolute Gasteiger partial charge is 0.155 e. The van der Waals surface area contributed by atoms with Crippen molar-refractivity contribution in [2.75, 3.05) is 0 Å². The van der Waals surface area contributed by atoms with Crippen molar-refractivity contribution >= 4 is 35.4 Å². The van der Waals surface area contributed by atoms with E-state index in [0.717, 1.165) is 5.56 Å². The molecule has 0 atom stereocenters. The summed E-state index contributed by atoms with van der Waals surface area (Å²) in [5.41, 5.74) is 1.07.